The molecular formula is C15H16N2. The van der Waals surface area contributed by atoms with Crippen molar-refractivity contribution >= 4 is 5.71 Å². The number of aromatic nitrogens is 1. The van der Waals surface area contributed by atoms with Crippen LogP contribution < -0.4 is 0 Å². The van der Waals surface area contributed by atoms with Gasteiger partial charge in [-0.2, -0.15) is 0 Å². The van der Waals surface area contributed by atoms with Crippen molar-refractivity contribution in [3.63, 3.8) is 0 Å². The van der Waals surface area contributed by atoms with Crippen molar-refractivity contribution in [3.8, 4) is 11.3 Å². The van der Waals surface area contributed by atoms with E-state index in [0.717, 1.165) is 17.1 Å². The fourth-order valence-electron chi connectivity index (χ4n) is 1.76. The third kappa shape index (κ3) is 2.41. The first kappa shape index (κ1) is 11.5. The molecule has 0 aliphatic carbocycles. The summed E-state index contributed by atoms with van der Waals surface area (Å²) in [5.41, 5.74) is 5.32. The standard InChI is InChI=1S/C15H16N2/c1-11-7-4-5-8-13(11)15-10-6-9-14(17-15)12(2)16-3/h4-10H,1-3H3. The summed E-state index contributed by atoms with van der Waals surface area (Å²) in [5, 5.41) is 0. The van der Waals surface area contributed by atoms with Crippen molar-refractivity contribution in [3.05, 3.63) is 53.7 Å². The number of pyridine rings is 1. The lowest BCUT2D eigenvalue weighted by Gasteiger charge is -2.06. The highest BCUT2D eigenvalue weighted by molar-refractivity contribution is 5.97. The Morgan fingerprint density at radius 2 is 1.82 bits per heavy atom. The van der Waals surface area contributed by atoms with Crippen LogP contribution in [-0.2, 0) is 0 Å². The minimum Gasteiger partial charge on any atom is -0.291 e. The summed E-state index contributed by atoms with van der Waals surface area (Å²) < 4.78 is 0. The summed E-state index contributed by atoms with van der Waals surface area (Å²) in [5.74, 6) is 0. The van der Waals surface area contributed by atoms with Gasteiger partial charge in [0.05, 0.1) is 17.1 Å². The predicted molar refractivity (Wildman–Crippen MR) is 72.5 cm³/mol. The van der Waals surface area contributed by atoms with E-state index in [9.17, 15) is 0 Å². The van der Waals surface area contributed by atoms with Crippen LogP contribution in [0.2, 0.25) is 0 Å². The van der Waals surface area contributed by atoms with Gasteiger partial charge in [-0.05, 0) is 31.5 Å². The molecule has 0 spiro atoms. The quantitative estimate of drug-likeness (QED) is 0.717. The van der Waals surface area contributed by atoms with Crippen molar-refractivity contribution in [2.75, 3.05) is 7.05 Å². The van der Waals surface area contributed by atoms with Gasteiger partial charge in [-0.3, -0.25) is 4.99 Å². The highest BCUT2D eigenvalue weighted by atomic mass is 14.8. The van der Waals surface area contributed by atoms with Gasteiger partial charge in [0.25, 0.3) is 0 Å². The van der Waals surface area contributed by atoms with Crippen LogP contribution >= 0.6 is 0 Å². The summed E-state index contributed by atoms with van der Waals surface area (Å²) in [4.78, 5) is 8.81. The number of nitrogens with zero attached hydrogens (tertiary/aromatic N) is 2. The molecule has 1 heterocycles. The molecule has 1 aromatic carbocycles. The van der Waals surface area contributed by atoms with Crippen LogP contribution in [0.3, 0.4) is 0 Å². The van der Waals surface area contributed by atoms with Gasteiger partial charge in [-0.15, -0.1) is 0 Å². The van der Waals surface area contributed by atoms with E-state index in [2.05, 4.69) is 29.0 Å². The molecular weight excluding hydrogens is 208 g/mol. The minimum atomic E-state index is 0.938. The topological polar surface area (TPSA) is 25.2 Å². The molecule has 0 bridgehead atoms. The zero-order valence-electron chi connectivity index (χ0n) is 10.4. The van der Waals surface area contributed by atoms with E-state index in [-0.39, 0.29) is 0 Å². The lowest BCUT2D eigenvalue weighted by Crippen LogP contribution is -1.99. The molecule has 0 amide bonds. The summed E-state index contributed by atoms with van der Waals surface area (Å²) in [6.45, 7) is 4.08. The summed E-state index contributed by atoms with van der Waals surface area (Å²) in [6, 6.07) is 14.3. The number of hydrogen-bond donors (Lipinski definition) is 0. The molecule has 17 heavy (non-hydrogen) atoms. The Labute approximate surface area is 102 Å². The van der Waals surface area contributed by atoms with Crippen LogP contribution in [0.4, 0.5) is 0 Å². The van der Waals surface area contributed by atoms with E-state index in [1.807, 2.05) is 37.3 Å². The maximum absolute atomic E-state index is 4.64. The molecule has 0 aliphatic rings. The van der Waals surface area contributed by atoms with Gasteiger partial charge in [0.15, 0.2) is 0 Å². The van der Waals surface area contributed by atoms with Gasteiger partial charge < -0.3 is 0 Å². The zero-order valence-corrected chi connectivity index (χ0v) is 10.4. The Hall–Kier alpha value is -1.96. The molecule has 0 saturated heterocycles. The van der Waals surface area contributed by atoms with Gasteiger partial charge in [0.1, 0.15) is 0 Å². The lowest BCUT2D eigenvalue weighted by molar-refractivity contribution is 1.26. The van der Waals surface area contributed by atoms with Gasteiger partial charge in [-0.1, -0.05) is 30.3 Å². The fraction of sp³-hybridized carbons (Fsp3) is 0.200. The molecule has 2 rings (SSSR count). The predicted octanol–water partition coefficient (Wildman–Crippen LogP) is 3.50. The van der Waals surface area contributed by atoms with Crippen LogP contribution in [0, 0.1) is 6.92 Å². The number of aliphatic imine (C=N–C) groups is 1. The molecule has 0 unspecified atom stereocenters. The van der Waals surface area contributed by atoms with Crippen LogP contribution in [-0.4, -0.2) is 17.7 Å². The average Bonchev–Trinajstić information content (AvgIpc) is 2.38. The number of hydrogen-bond acceptors (Lipinski definition) is 2. The van der Waals surface area contributed by atoms with E-state index >= 15 is 0 Å². The second-order valence-electron chi connectivity index (χ2n) is 4.03. The third-order valence-electron chi connectivity index (χ3n) is 2.88. The van der Waals surface area contributed by atoms with E-state index in [0.29, 0.717) is 0 Å². The second kappa shape index (κ2) is 4.91. The number of rotatable bonds is 2. The normalized spacial score (nSPS) is 11.6. The van der Waals surface area contributed by atoms with Crippen molar-refractivity contribution < 1.29 is 0 Å². The molecule has 0 saturated carbocycles. The third-order valence-corrected chi connectivity index (χ3v) is 2.88. The van der Waals surface area contributed by atoms with Gasteiger partial charge >= 0.3 is 0 Å². The molecule has 0 aliphatic heterocycles. The molecule has 2 nitrogen and oxygen atoms in total. The summed E-state index contributed by atoms with van der Waals surface area (Å²) in [7, 11) is 1.79. The summed E-state index contributed by atoms with van der Waals surface area (Å²) in [6.07, 6.45) is 0. The molecule has 0 atom stereocenters. The maximum atomic E-state index is 4.64. The first-order chi connectivity index (χ1) is 8.22. The van der Waals surface area contributed by atoms with Crippen LogP contribution in [0.5, 0.6) is 0 Å². The zero-order chi connectivity index (χ0) is 12.3. The molecule has 0 fully saturated rings. The van der Waals surface area contributed by atoms with Crippen molar-refractivity contribution in [2.24, 2.45) is 4.99 Å². The molecule has 0 radical (unpaired) electrons. The molecule has 0 N–H and O–H groups in total. The Kier molecular flexibility index (Phi) is 3.33. The molecule has 1 aromatic heterocycles. The van der Waals surface area contributed by atoms with E-state index in [1.54, 1.807) is 7.05 Å². The van der Waals surface area contributed by atoms with E-state index < -0.39 is 0 Å². The maximum Gasteiger partial charge on any atom is 0.0844 e. The average molecular weight is 224 g/mol. The first-order valence-corrected chi connectivity index (χ1v) is 5.69. The largest absolute Gasteiger partial charge is 0.291 e. The highest BCUT2D eigenvalue weighted by Gasteiger charge is 2.04. The lowest BCUT2D eigenvalue weighted by atomic mass is 10.0. The summed E-state index contributed by atoms with van der Waals surface area (Å²) >= 11 is 0. The van der Waals surface area contributed by atoms with Gasteiger partial charge in [-0.25, -0.2) is 4.98 Å². The second-order valence-corrected chi connectivity index (χ2v) is 4.03. The molecule has 86 valence electrons. The Balaban J connectivity index is 2.51. The van der Waals surface area contributed by atoms with Crippen molar-refractivity contribution in [2.45, 2.75) is 13.8 Å². The van der Waals surface area contributed by atoms with Crippen molar-refractivity contribution in [1.29, 1.82) is 0 Å². The molecule has 2 aromatic rings. The van der Waals surface area contributed by atoms with Gasteiger partial charge in [0, 0.05) is 12.6 Å². The highest BCUT2D eigenvalue weighted by Crippen LogP contribution is 2.21. The van der Waals surface area contributed by atoms with E-state index in [4.69, 9.17) is 0 Å². The molecule has 2 heteroatoms. The van der Waals surface area contributed by atoms with E-state index in [1.165, 1.54) is 11.1 Å². The van der Waals surface area contributed by atoms with Crippen LogP contribution in [0.15, 0.2) is 47.5 Å². The Morgan fingerprint density at radius 1 is 1.06 bits per heavy atom. The van der Waals surface area contributed by atoms with Crippen LogP contribution in [0.25, 0.3) is 11.3 Å². The Morgan fingerprint density at radius 3 is 2.53 bits per heavy atom. The van der Waals surface area contributed by atoms with Crippen LogP contribution in [0.1, 0.15) is 18.2 Å². The SMILES string of the molecule is CN=C(C)c1cccc(-c2ccccc2C)n1. The number of aryl methyl sites for hydroxylation is 1. The number of benzene rings is 1. The van der Waals surface area contributed by atoms with Crippen molar-refractivity contribution in [1.82, 2.24) is 4.98 Å². The van der Waals surface area contributed by atoms with Gasteiger partial charge in [0.2, 0.25) is 0 Å². The fourth-order valence-corrected chi connectivity index (χ4v) is 1.76. The first-order valence-electron chi connectivity index (χ1n) is 5.69. The Bertz CT molecular complexity index is 556. The monoisotopic (exact) mass is 224 g/mol. The minimum absolute atomic E-state index is 0.938. The smallest absolute Gasteiger partial charge is 0.0844 e.